The van der Waals surface area contributed by atoms with Gasteiger partial charge in [0.1, 0.15) is 11.5 Å². The van der Waals surface area contributed by atoms with E-state index in [1.54, 1.807) is 56.5 Å². The van der Waals surface area contributed by atoms with Crippen LogP contribution in [0, 0.1) is 12.8 Å². The zero-order chi connectivity index (χ0) is 19.1. The van der Waals surface area contributed by atoms with Crippen LogP contribution in [0.15, 0.2) is 48.5 Å². The van der Waals surface area contributed by atoms with Gasteiger partial charge in [-0.05, 0) is 43.2 Å². The lowest BCUT2D eigenvalue weighted by molar-refractivity contribution is -0.142. The molecule has 2 atom stereocenters. The highest BCUT2D eigenvalue weighted by Crippen LogP contribution is 2.24. The van der Waals surface area contributed by atoms with E-state index in [1.807, 2.05) is 13.0 Å². The number of aryl methyl sites for hydroxylation is 1. The molecule has 2 aromatic rings. The van der Waals surface area contributed by atoms with Gasteiger partial charge in [-0.1, -0.05) is 30.3 Å². The monoisotopic (exact) mass is 357 g/mol. The van der Waals surface area contributed by atoms with E-state index in [0.29, 0.717) is 5.75 Å². The van der Waals surface area contributed by atoms with Crippen LogP contribution in [0.2, 0.25) is 0 Å². The van der Waals surface area contributed by atoms with Crippen molar-refractivity contribution in [2.24, 2.45) is 5.92 Å². The smallest absolute Gasteiger partial charge is 0.308 e. The fourth-order valence-corrected chi connectivity index (χ4v) is 2.60. The molecule has 0 saturated carbocycles. The minimum Gasteiger partial charge on any atom is -0.496 e. The van der Waals surface area contributed by atoms with Crippen molar-refractivity contribution in [2.75, 3.05) is 13.7 Å². The number of methoxy groups -OCH3 is 1. The molecule has 6 heteroatoms. The van der Waals surface area contributed by atoms with Gasteiger partial charge in [0.05, 0.1) is 19.1 Å². The van der Waals surface area contributed by atoms with Crippen molar-refractivity contribution >= 4 is 11.9 Å². The molecule has 0 heterocycles. The maximum absolute atomic E-state index is 12.3. The average molecular weight is 357 g/mol. The number of ether oxygens (including phenoxy) is 2. The number of carbonyl (C=O) groups is 2. The van der Waals surface area contributed by atoms with Gasteiger partial charge < -0.3 is 19.9 Å². The van der Waals surface area contributed by atoms with Crippen molar-refractivity contribution in [1.29, 1.82) is 0 Å². The summed E-state index contributed by atoms with van der Waals surface area (Å²) in [6.07, 6.45) is 0. The minimum atomic E-state index is -0.981. The van der Waals surface area contributed by atoms with Crippen LogP contribution in [0.1, 0.15) is 24.1 Å². The first-order valence-corrected chi connectivity index (χ1v) is 8.27. The molecule has 138 valence electrons. The van der Waals surface area contributed by atoms with Gasteiger partial charge in [0, 0.05) is 0 Å². The predicted octanol–water partition coefficient (Wildman–Crippen LogP) is 2.96. The lowest BCUT2D eigenvalue weighted by Crippen LogP contribution is -2.38. The third-order valence-corrected chi connectivity index (χ3v) is 4.10. The van der Waals surface area contributed by atoms with Gasteiger partial charge >= 0.3 is 5.97 Å². The molecule has 0 spiro atoms. The predicted molar refractivity (Wildman–Crippen MR) is 97.4 cm³/mol. The summed E-state index contributed by atoms with van der Waals surface area (Å²) in [5.74, 6) is -0.863. The lowest BCUT2D eigenvalue weighted by Gasteiger charge is -2.23. The molecule has 0 fully saturated rings. The average Bonchev–Trinajstić information content (AvgIpc) is 2.64. The molecule has 2 aromatic carbocycles. The number of benzene rings is 2. The largest absolute Gasteiger partial charge is 0.496 e. The summed E-state index contributed by atoms with van der Waals surface area (Å²) in [6.45, 7) is 3.24. The Kier molecular flexibility index (Phi) is 6.60. The number of nitrogens with one attached hydrogen (secondary N) is 1. The Bertz CT molecular complexity index is 760. The quantitative estimate of drug-likeness (QED) is 0.759. The first kappa shape index (κ1) is 19.3. The number of hydrogen-bond acceptors (Lipinski definition) is 4. The molecule has 2 N–H and O–H groups in total. The topological polar surface area (TPSA) is 84.9 Å². The number of aliphatic carboxylic acids is 1. The molecule has 0 aliphatic rings. The molecule has 2 unspecified atom stereocenters. The van der Waals surface area contributed by atoms with E-state index in [0.717, 1.165) is 16.9 Å². The Morgan fingerprint density at radius 2 is 1.85 bits per heavy atom. The van der Waals surface area contributed by atoms with Gasteiger partial charge in [-0.3, -0.25) is 9.59 Å². The van der Waals surface area contributed by atoms with E-state index in [2.05, 4.69) is 5.32 Å². The Morgan fingerprint density at radius 1 is 1.15 bits per heavy atom. The van der Waals surface area contributed by atoms with Crippen LogP contribution in [0.25, 0.3) is 0 Å². The number of carbonyl (C=O) groups excluding carboxylic acids is 1. The fraction of sp³-hybridized carbons (Fsp3) is 0.300. The van der Waals surface area contributed by atoms with Gasteiger partial charge in [0.2, 0.25) is 0 Å². The van der Waals surface area contributed by atoms with Gasteiger partial charge in [0.15, 0.2) is 6.61 Å². The van der Waals surface area contributed by atoms with Gasteiger partial charge in [-0.2, -0.15) is 0 Å². The second-order valence-corrected chi connectivity index (χ2v) is 6.00. The SMILES string of the molecule is COc1ccc(OCC(=O)NC(c2ccccc2)C(C)C(=O)O)cc1C. The molecule has 26 heavy (non-hydrogen) atoms. The Balaban J connectivity index is 2.03. The van der Waals surface area contributed by atoms with Crippen molar-refractivity contribution in [3.63, 3.8) is 0 Å². The number of carboxylic acid groups (broad SMARTS) is 1. The summed E-state index contributed by atoms with van der Waals surface area (Å²) in [6, 6.07) is 13.6. The maximum atomic E-state index is 12.3. The molecule has 0 radical (unpaired) electrons. The van der Waals surface area contributed by atoms with E-state index in [4.69, 9.17) is 9.47 Å². The first-order chi connectivity index (χ1) is 12.4. The molecular formula is C20H23NO5. The lowest BCUT2D eigenvalue weighted by atomic mass is 9.94. The molecule has 0 aliphatic carbocycles. The van der Waals surface area contributed by atoms with Crippen LogP contribution in [0.3, 0.4) is 0 Å². The molecular weight excluding hydrogens is 334 g/mol. The van der Waals surface area contributed by atoms with Crippen LogP contribution >= 0.6 is 0 Å². The molecule has 0 bridgehead atoms. The molecule has 6 nitrogen and oxygen atoms in total. The van der Waals surface area contributed by atoms with Crippen LogP contribution < -0.4 is 14.8 Å². The van der Waals surface area contributed by atoms with E-state index < -0.39 is 17.9 Å². The Morgan fingerprint density at radius 3 is 2.42 bits per heavy atom. The van der Waals surface area contributed by atoms with Crippen molar-refractivity contribution in [2.45, 2.75) is 19.9 Å². The van der Waals surface area contributed by atoms with Crippen molar-refractivity contribution in [1.82, 2.24) is 5.32 Å². The van der Waals surface area contributed by atoms with Crippen molar-refractivity contribution in [3.8, 4) is 11.5 Å². The summed E-state index contributed by atoms with van der Waals surface area (Å²) >= 11 is 0. The van der Waals surface area contributed by atoms with E-state index in [9.17, 15) is 14.7 Å². The zero-order valence-electron chi connectivity index (χ0n) is 15.1. The number of amides is 1. The van der Waals surface area contributed by atoms with Crippen LogP contribution in [0.5, 0.6) is 11.5 Å². The van der Waals surface area contributed by atoms with Gasteiger partial charge in [-0.25, -0.2) is 0 Å². The van der Waals surface area contributed by atoms with Gasteiger partial charge in [-0.15, -0.1) is 0 Å². The van der Waals surface area contributed by atoms with E-state index in [1.165, 1.54) is 0 Å². The standard InChI is InChI=1S/C20H23NO5/c1-13-11-16(9-10-17(13)25-3)26-12-18(22)21-19(14(2)20(23)24)15-7-5-4-6-8-15/h4-11,14,19H,12H2,1-3H3,(H,21,22)(H,23,24). The molecule has 0 saturated heterocycles. The van der Waals surface area contributed by atoms with Crippen LogP contribution in [-0.4, -0.2) is 30.7 Å². The van der Waals surface area contributed by atoms with Gasteiger partial charge in [0.25, 0.3) is 5.91 Å². The zero-order valence-corrected chi connectivity index (χ0v) is 15.1. The second-order valence-electron chi connectivity index (χ2n) is 6.00. The van der Waals surface area contributed by atoms with E-state index in [-0.39, 0.29) is 12.5 Å². The highest BCUT2D eigenvalue weighted by molar-refractivity contribution is 5.79. The third-order valence-electron chi connectivity index (χ3n) is 4.10. The molecule has 2 rings (SSSR count). The summed E-state index contributed by atoms with van der Waals surface area (Å²) in [4.78, 5) is 23.7. The van der Waals surface area contributed by atoms with E-state index >= 15 is 0 Å². The molecule has 0 aliphatic heterocycles. The molecule has 1 amide bonds. The van der Waals surface area contributed by atoms with Crippen LogP contribution in [-0.2, 0) is 9.59 Å². The first-order valence-electron chi connectivity index (χ1n) is 8.27. The maximum Gasteiger partial charge on any atom is 0.308 e. The molecule has 0 aromatic heterocycles. The normalized spacial score (nSPS) is 12.7. The minimum absolute atomic E-state index is 0.207. The summed E-state index contributed by atoms with van der Waals surface area (Å²) in [5, 5.41) is 12.1. The van der Waals surface area contributed by atoms with Crippen LogP contribution in [0.4, 0.5) is 0 Å². The van der Waals surface area contributed by atoms with Crippen molar-refractivity contribution in [3.05, 3.63) is 59.7 Å². The Hall–Kier alpha value is -3.02. The van der Waals surface area contributed by atoms with Crippen molar-refractivity contribution < 1.29 is 24.2 Å². The number of carboxylic acids is 1. The fourth-order valence-electron chi connectivity index (χ4n) is 2.60. The third kappa shape index (κ3) is 4.99. The highest BCUT2D eigenvalue weighted by Gasteiger charge is 2.26. The number of hydrogen-bond donors (Lipinski definition) is 2. The number of rotatable bonds is 8. The Labute approximate surface area is 152 Å². The summed E-state index contributed by atoms with van der Waals surface area (Å²) < 4.78 is 10.7. The summed E-state index contributed by atoms with van der Waals surface area (Å²) in [7, 11) is 1.59. The summed E-state index contributed by atoms with van der Waals surface area (Å²) in [5.41, 5.74) is 1.63. The highest BCUT2D eigenvalue weighted by atomic mass is 16.5. The second kappa shape index (κ2) is 8.89.